The lowest BCUT2D eigenvalue weighted by Gasteiger charge is -2.12. The number of rotatable bonds is 5. The molecule has 1 unspecified atom stereocenters. The molecule has 96 valence electrons. The molecular weight excluding hydrogens is 222 g/mol. The van der Waals surface area contributed by atoms with Gasteiger partial charge in [0.25, 0.3) is 0 Å². The average Bonchev–Trinajstić information content (AvgIpc) is 2.72. The average molecular weight is 243 g/mol. The Morgan fingerprint density at radius 3 is 2.83 bits per heavy atom. The van der Waals surface area contributed by atoms with Crippen LogP contribution >= 0.6 is 0 Å². The maximum atomic E-state index is 6.19. The molecule has 0 aliphatic carbocycles. The van der Waals surface area contributed by atoms with E-state index in [1.807, 2.05) is 17.9 Å². The van der Waals surface area contributed by atoms with Crippen molar-refractivity contribution < 1.29 is 0 Å². The van der Waals surface area contributed by atoms with Crippen LogP contribution in [0.1, 0.15) is 23.2 Å². The van der Waals surface area contributed by atoms with E-state index in [9.17, 15) is 0 Å². The Morgan fingerprint density at radius 1 is 1.33 bits per heavy atom. The van der Waals surface area contributed by atoms with Crippen LogP contribution in [-0.2, 0) is 19.9 Å². The first-order valence-corrected chi connectivity index (χ1v) is 6.43. The van der Waals surface area contributed by atoms with Crippen molar-refractivity contribution in [3.8, 4) is 0 Å². The molecule has 2 N–H and O–H groups in total. The summed E-state index contributed by atoms with van der Waals surface area (Å²) in [6.45, 7) is 2.12. The van der Waals surface area contributed by atoms with Crippen LogP contribution in [0.25, 0.3) is 0 Å². The van der Waals surface area contributed by atoms with E-state index in [1.165, 1.54) is 16.8 Å². The summed E-state index contributed by atoms with van der Waals surface area (Å²) in [7, 11) is 1.97. The van der Waals surface area contributed by atoms with Gasteiger partial charge in [-0.25, -0.2) is 0 Å². The molecule has 0 radical (unpaired) electrons. The number of nitrogens with two attached hydrogens (primary N) is 1. The van der Waals surface area contributed by atoms with Gasteiger partial charge in [0.05, 0.1) is 0 Å². The highest BCUT2D eigenvalue weighted by Gasteiger charge is 2.06. The monoisotopic (exact) mass is 243 g/mol. The zero-order valence-electron chi connectivity index (χ0n) is 11.1. The van der Waals surface area contributed by atoms with Gasteiger partial charge in [0.1, 0.15) is 0 Å². The SMILES string of the molecule is Cc1cccc(CC(N)CCc2ccnn2C)c1. The first kappa shape index (κ1) is 12.8. The van der Waals surface area contributed by atoms with Crippen LogP contribution in [0.15, 0.2) is 36.5 Å². The predicted molar refractivity (Wildman–Crippen MR) is 74.4 cm³/mol. The molecule has 18 heavy (non-hydrogen) atoms. The highest BCUT2D eigenvalue weighted by molar-refractivity contribution is 5.22. The van der Waals surface area contributed by atoms with Crippen molar-refractivity contribution in [1.82, 2.24) is 9.78 Å². The fraction of sp³-hybridized carbons (Fsp3) is 0.400. The number of benzene rings is 1. The van der Waals surface area contributed by atoms with Crippen LogP contribution in [-0.4, -0.2) is 15.8 Å². The molecule has 0 aliphatic heterocycles. The van der Waals surface area contributed by atoms with E-state index >= 15 is 0 Å². The molecule has 3 nitrogen and oxygen atoms in total. The second kappa shape index (κ2) is 5.83. The predicted octanol–water partition coefficient (Wildman–Crippen LogP) is 2.23. The van der Waals surface area contributed by atoms with Gasteiger partial charge in [-0.3, -0.25) is 4.68 Å². The molecule has 1 atom stereocenters. The fourth-order valence-corrected chi connectivity index (χ4v) is 2.22. The number of nitrogens with zero attached hydrogens (tertiary/aromatic N) is 2. The number of aromatic nitrogens is 2. The number of aryl methyl sites for hydroxylation is 3. The van der Waals surface area contributed by atoms with Crippen molar-refractivity contribution in [2.45, 2.75) is 32.2 Å². The summed E-state index contributed by atoms with van der Waals surface area (Å²) >= 11 is 0. The summed E-state index contributed by atoms with van der Waals surface area (Å²) in [6, 6.07) is 10.8. The van der Waals surface area contributed by atoms with Crippen molar-refractivity contribution in [2.24, 2.45) is 12.8 Å². The van der Waals surface area contributed by atoms with Gasteiger partial charge in [-0.15, -0.1) is 0 Å². The molecule has 0 fully saturated rings. The van der Waals surface area contributed by atoms with Gasteiger partial charge < -0.3 is 5.73 Å². The van der Waals surface area contributed by atoms with E-state index in [-0.39, 0.29) is 6.04 Å². The Hall–Kier alpha value is -1.61. The van der Waals surface area contributed by atoms with E-state index in [4.69, 9.17) is 5.73 Å². The molecule has 2 aromatic rings. The Kier molecular flexibility index (Phi) is 4.15. The quantitative estimate of drug-likeness (QED) is 0.875. The summed E-state index contributed by atoms with van der Waals surface area (Å²) in [5.41, 5.74) is 10.1. The molecule has 1 aromatic carbocycles. The summed E-state index contributed by atoms with van der Waals surface area (Å²) in [5, 5.41) is 4.17. The highest BCUT2D eigenvalue weighted by Crippen LogP contribution is 2.09. The summed E-state index contributed by atoms with van der Waals surface area (Å²) < 4.78 is 1.92. The number of hydrogen-bond donors (Lipinski definition) is 1. The second-order valence-corrected chi connectivity index (χ2v) is 4.94. The molecule has 3 heteroatoms. The van der Waals surface area contributed by atoms with E-state index in [1.54, 1.807) is 0 Å². The normalized spacial score (nSPS) is 12.6. The van der Waals surface area contributed by atoms with Crippen LogP contribution in [0.4, 0.5) is 0 Å². The minimum atomic E-state index is 0.210. The summed E-state index contributed by atoms with van der Waals surface area (Å²) in [6.07, 6.45) is 4.76. The lowest BCUT2D eigenvalue weighted by atomic mass is 10.0. The summed E-state index contributed by atoms with van der Waals surface area (Å²) in [5.74, 6) is 0. The van der Waals surface area contributed by atoms with E-state index in [0.29, 0.717) is 0 Å². The van der Waals surface area contributed by atoms with Gasteiger partial charge in [-0.1, -0.05) is 29.8 Å². The van der Waals surface area contributed by atoms with Gasteiger partial charge in [0, 0.05) is 25.0 Å². The maximum absolute atomic E-state index is 6.19. The molecule has 1 heterocycles. The van der Waals surface area contributed by atoms with Gasteiger partial charge >= 0.3 is 0 Å². The third-order valence-electron chi connectivity index (χ3n) is 3.27. The lowest BCUT2D eigenvalue weighted by Crippen LogP contribution is -2.23. The minimum absolute atomic E-state index is 0.210. The van der Waals surface area contributed by atoms with Crippen molar-refractivity contribution >= 4 is 0 Å². The highest BCUT2D eigenvalue weighted by atomic mass is 15.2. The van der Waals surface area contributed by atoms with E-state index < -0.39 is 0 Å². The standard InChI is InChI=1S/C15H21N3/c1-12-4-3-5-13(10-12)11-14(16)6-7-15-8-9-17-18(15)2/h3-5,8-10,14H,6-7,11,16H2,1-2H3. The molecular formula is C15H21N3. The van der Waals surface area contributed by atoms with Gasteiger partial charge in [0.15, 0.2) is 0 Å². The third kappa shape index (κ3) is 3.44. The van der Waals surface area contributed by atoms with Gasteiger partial charge in [-0.05, 0) is 37.8 Å². The van der Waals surface area contributed by atoms with Crippen molar-refractivity contribution in [3.63, 3.8) is 0 Å². The smallest absolute Gasteiger partial charge is 0.0492 e. The molecule has 2 rings (SSSR count). The molecule has 0 aliphatic rings. The molecule has 0 saturated heterocycles. The van der Waals surface area contributed by atoms with Crippen molar-refractivity contribution in [2.75, 3.05) is 0 Å². The minimum Gasteiger partial charge on any atom is -0.327 e. The number of hydrogen-bond acceptors (Lipinski definition) is 2. The fourth-order valence-electron chi connectivity index (χ4n) is 2.22. The van der Waals surface area contributed by atoms with E-state index in [0.717, 1.165) is 19.3 Å². The van der Waals surface area contributed by atoms with Crippen LogP contribution in [0.3, 0.4) is 0 Å². The lowest BCUT2D eigenvalue weighted by molar-refractivity contribution is 0.586. The largest absolute Gasteiger partial charge is 0.327 e. The first-order chi connectivity index (χ1) is 8.65. The zero-order valence-corrected chi connectivity index (χ0v) is 11.1. The molecule has 1 aromatic heterocycles. The Bertz CT molecular complexity index is 502. The Morgan fingerprint density at radius 2 is 2.17 bits per heavy atom. The molecule has 0 amide bonds. The molecule has 0 saturated carbocycles. The maximum Gasteiger partial charge on any atom is 0.0492 e. The van der Waals surface area contributed by atoms with Gasteiger partial charge in [0.2, 0.25) is 0 Å². The topological polar surface area (TPSA) is 43.8 Å². The van der Waals surface area contributed by atoms with Crippen LogP contribution in [0, 0.1) is 6.92 Å². The Balaban J connectivity index is 1.86. The second-order valence-electron chi connectivity index (χ2n) is 4.94. The van der Waals surface area contributed by atoms with Crippen molar-refractivity contribution in [1.29, 1.82) is 0 Å². The molecule has 0 bridgehead atoms. The molecule has 0 spiro atoms. The Labute approximate surface area is 109 Å². The third-order valence-corrected chi connectivity index (χ3v) is 3.27. The van der Waals surface area contributed by atoms with Gasteiger partial charge in [-0.2, -0.15) is 5.10 Å². The first-order valence-electron chi connectivity index (χ1n) is 6.43. The zero-order chi connectivity index (χ0) is 13.0. The van der Waals surface area contributed by atoms with E-state index in [2.05, 4.69) is 42.4 Å². The van der Waals surface area contributed by atoms with Crippen LogP contribution in [0.5, 0.6) is 0 Å². The van der Waals surface area contributed by atoms with Crippen LogP contribution < -0.4 is 5.73 Å². The summed E-state index contributed by atoms with van der Waals surface area (Å²) in [4.78, 5) is 0. The van der Waals surface area contributed by atoms with Crippen molar-refractivity contribution in [3.05, 3.63) is 53.3 Å². The van der Waals surface area contributed by atoms with Crippen LogP contribution in [0.2, 0.25) is 0 Å².